The van der Waals surface area contributed by atoms with Gasteiger partial charge in [-0.2, -0.15) is 0 Å². The molecule has 0 aliphatic carbocycles. The van der Waals surface area contributed by atoms with Crippen molar-refractivity contribution in [2.75, 3.05) is 31.6 Å². The van der Waals surface area contributed by atoms with Gasteiger partial charge in [0.25, 0.3) is 0 Å². The van der Waals surface area contributed by atoms with E-state index in [2.05, 4.69) is 42.3 Å². The van der Waals surface area contributed by atoms with Gasteiger partial charge >= 0.3 is 0 Å². The Labute approximate surface area is 122 Å². The van der Waals surface area contributed by atoms with Crippen molar-refractivity contribution in [1.29, 1.82) is 0 Å². The summed E-state index contributed by atoms with van der Waals surface area (Å²) in [5.41, 5.74) is 2.87. The van der Waals surface area contributed by atoms with Crippen LogP contribution in [0.1, 0.15) is 38.7 Å². The molecule has 1 N–H and O–H groups in total. The molecule has 0 radical (unpaired) electrons. The Morgan fingerprint density at radius 1 is 1.35 bits per heavy atom. The second kappa shape index (κ2) is 5.65. The van der Waals surface area contributed by atoms with E-state index in [1.807, 2.05) is 0 Å². The zero-order valence-corrected chi connectivity index (χ0v) is 12.7. The monoisotopic (exact) mass is 274 g/mol. The van der Waals surface area contributed by atoms with Crippen LogP contribution in [0.3, 0.4) is 0 Å². The highest BCUT2D eigenvalue weighted by Crippen LogP contribution is 2.30. The average molecular weight is 274 g/mol. The number of hydrogen-bond donors (Lipinski definition) is 1. The molecule has 2 heterocycles. The number of ether oxygens (including phenoxy) is 1. The number of benzene rings is 1. The lowest BCUT2D eigenvalue weighted by Gasteiger charge is -2.44. The van der Waals surface area contributed by atoms with Gasteiger partial charge in [0, 0.05) is 12.2 Å². The Morgan fingerprint density at radius 3 is 3.10 bits per heavy atom. The molecule has 110 valence electrons. The Morgan fingerprint density at radius 2 is 2.25 bits per heavy atom. The van der Waals surface area contributed by atoms with Crippen LogP contribution >= 0.6 is 0 Å². The predicted octanol–water partition coefficient (Wildman–Crippen LogP) is 3.30. The number of rotatable bonds is 4. The molecule has 1 atom stereocenters. The molecule has 20 heavy (non-hydrogen) atoms. The molecule has 0 saturated carbocycles. The van der Waals surface area contributed by atoms with E-state index in [1.54, 1.807) is 0 Å². The normalized spacial score (nSPS) is 26.1. The van der Waals surface area contributed by atoms with Gasteiger partial charge in [0.2, 0.25) is 0 Å². The molecule has 1 fully saturated rings. The summed E-state index contributed by atoms with van der Waals surface area (Å²) in [5, 5.41) is 3.39. The molecule has 3 rings (SSSR count). The van der Waals surface area contributed by atoms with Gasteiger partial charge in [-0.25, -0.2) is 0 Å². The van der Waals surface area contributed by atoms with Crippen molar-refractivity contribution in [2.45, 2.75) is 45.1 Å². The van der Waals surface area contributed by atoms with Gasteiger partial charge in [-0.1, -0.05) is 13.3 Å². The molecule has 0 bridgehead atoms. The third kappa shape index (κ3) is 2.64. The molecular weight excluding hydrogens is 248 g/mol. The summed E-state index contributed by atoms with van der Waals surface area (Å²) in [6.07, 6.45) is 5.01. The lowest BCUT2D eigenvalue weighted by molar-refractivity contribution is 0.0250. The highest BCUT2D eigenvalue weighted by Gasteiger charge is 2.34. The Hall–Kier alpha value is -1.22. The molecular formula is C17H26N2O. The highest BCUT2D eigenvalue weighted by molar-refractivity contribution is 5.57. The van der Waals surface area contributed by atoms with E-state index in [9.17, 15) is 0 Å². The molecule has 3 nitrogen and oxygen atoms in total. The fourth-order valence-corrected chi connectivity index (χ4v) is 3.55. The zero-order valence-electron chi connectivity index (χ0n) is 12.7. The van der Waals surface area contributed by atoms with E-state index in [0.29, 0.717) is 0 Å². The molecule has 3 heteroatoms. The summed E-state index contributed by atoms with van der Waals surface area (Å²) in [6.45, 7) is 8.79. The SMILES string of the molecule is CCN1CCCCC1(C)COc1ccc2c(c1)CCN2. The number of fused-ring (bicyclic) bond motifs is 1. The Kier molecular flexibility index (Phi) is 3.88. The van der Waals surface area contributed by atoms with Gasteiger partial charge in [-0.3, -0.25) is 4.90 Å². The van der Waals surface area contributed by atoms with Gasteiger partial charge in [0.15, 0.2) is 0 Å². The number of likely N-dealkylation sites (N-methyl/N-ethyl adjacent to an activating group) is 1. The molecule has 1 unspecified atom stereocenters. The number of anilines is 1. The number of nitrogens with zero attached hydrogens (tertiary/aromatic N) is 1. The van der Waals surface area contributed by atoms with E-state index < -0.39 is 0 Å². The van der Waals surface area contributed by atoms with E-state index in [0.717, 1.165) is 31.9 Å². The summed E-state index contributed by atoms with van der Waals surface area (Å²) >= 11 is 0. The first-order valence-electron chi connectivity index (χ1n) is 7.96. The van der Waals surface area contributed by atoms with Gasteiger partial charge in [0.1, 0.15) is 12.4 Å². The highest BCUT2D eigenvalue weighted by atomic mass is 16.5. The number of nitrogens with one attached hydrogen (secondary N) is 1. The molecule has 0 spiro atoms. The number of piperidine rings is 1. The zero-order chi connectivity index (χ0) is 14.0. The topological polar surface area (TPSA) is 24.5 Å². The van der Waals surface area contributed by atoms with E-state index in [-0.39, 0.29) is 5.54 Å². The smallest absolute Gasteiger partial charge is 0.119 e. The fourth-order valence-electron chi connectivity index (χ4n) is 3.55. The van der Waals surface area contributed by atoms with Crippen LogP contribution in [0.2, 0.25) is 0 Å². The van der Waals surface area contributed by atoms with E-state index >= 15 is 0 Å². The maximum absolute atomic E-state index is 6.14. The van der Waals surface area contributed by atoms with Crippen LogP contribution in [0.15, 0.2) is 18.2 Å². The van der Waals surface area contributed by atoms with Crippen molar-refractivity contribution in [3.05, 3.63) is 23.8 Å². The maximum atomic E-state index is 6.14. The maximum Gasteiger partial charge on any atom is 0.119 e. The van der Waals surface area contributed by atoms with Crippen LogP contribution in [0.5, 0.6) is 5.75 Å². The quantitative estimate of drug-likeness (QED) is 0.911. The standard InChI is InChI=1S/C17H26N2O/c1-3-19-11-5-4-9-17(19,2)13-20-15-6-7-16-14(12-15)8-10-18-16/h6-7,12,18H,3-5,8-11,13H2,1-2H3. The first-order valence-corrected chi connectivity index (χ1v) is 7.96. The second-order valence-corrected chi connectivity index (χ2v) is 6.32. The minimum absolute atomic E-state index is 0.199. The third-order valence-corrected chi connectivity index (χ3v) is 4.87. The molecule has 2 aliphatic heterocycles. The summed E-state index contributed by atoms with van der Waals surface area (Å²) in [7, 11) is 0. The van der Waals surface area contributed by atoms with Gasteiger partial charge in [-0.15, -0.1) is 0 Å². The molecule has 1 saturated heterocycles. The van der Waals surface area contributed by atoms with Crippen LogP contribution in [0.4, 0.5) is 5.69 Å². The molecule has 1 aromatic rings. The largest absolute Gasteiger partial charge is 0.492 e. The van der Waals surface area contributed by atoms with Gasteiger partial charge in [0.05, 0.1) is 5.54 Å². The molecule has 0 aromatic heterocycles. The third-order valence-electron chi connectivity index (χ3n) is 4.87. The van der Waals surface area contributed by atoms with Gasteiger partial charge in [-0.05, 0) is 63.0 Å². The lowest BCUT2D eigenvalue weighted by atomic mass is 9.89. The van der Waals surface area contributed by atoms with Crippen LogP contribution in [-0.2, 0) is 6.42 Å². The molecule has 1 aromatic carbocycles. The summed E-state index contributed by atoms with van der Waals surface area (Å²) in [6, 6.07) is 6.45. The Balaban J connectivity index is 1.66. The first-order chi connectivity index (χ1) is 9.71. The summed E-state index contributed by atoms with van der Waals surface area (Å²) < 4.78 is 6.14. The fraction of sp³-hybridized carbons (Fsp3) is 0.647. The van der Waals surface area contributed by atoms with Crippen molar-refractivity contribution in [1.82, 2.24) is 4.90 Å². The number of hydrogen-bond acceptors (Lipinski definition) is 3. The van der Waals surface area contributed by atoms with Gasteiger partial charge < -0.3 is 10.1 Å². The minimum Gasteiger partial charge on any atom is -0.492 e. The second-order valence-electron chi connectivity index (χ2n) is 6.32. The van der Waals surface area contributed by atoms with E-state index in [1.165, 1.54) is 37.1 Å². The minimum atomic E-state index is 0.199. The van der Waals surface area contributed by atoms with Crippen molar-refractivity contribution in [3.63, 3.8) is 0 Å². The molecule has 2 aliphatic rings. The molecule has 0 amide bonds. The van der Waals surface area contributed by atoms with Crippen molar-refractivity contribution in [2.24, 2.45) is 0 Å². The van der Waals surface area contributed by atoms with E-state index in [4.69, 9.17) is 4.74 Å². The summed E-state index contributed by atoms with van der Waals surface area (Å²) in [4.78, 5) is 2.57. The van der Waals surface area contributed by atoms with Crippen molar-refractivity contribution < 1.29 is 4.74 Å². The van der Waals surface area contributed by atoms with Crippen LogP contribution < -0.4 is 10.1 Å². The average Bonchev–Trinajstić information content (AvgIpc) is 2.93. The van der Waals surface area contributed by atoms with Crippen LogP contribution in [0.25, 0.3) is 0 Å². The predicted molar refractivity (Wildman–Crippen MR) is 83.6 cm³/mol. The Bertz CT molecular complexity index is 474. The lowest BCUT2D eigenvalue weighted by Crippen LogP contribution is -2.53. The first kappa shape index (κ1) is 13.7. The van der Waals surface area contributed by atoms with Crippen LogP contribution in [-0.4, -0.2) is 36.7 Å². The van der Waals surface area contributed by atoms with Crippen LogP contribution in [0, 0.1) is 0 Å². The van der Waals surface area contributed by atoms with Crippen molar-refractivity contribution in [3.8, 4) is 5.75 Å². The number of likely N-dealkylation sites (tertiary alicyclic amines) is 1. The van der Waals surface area contributed by atoms with Crippen molar-refractivity contribution >= 4 is 5.69 Å². The summed E-state index contributed by atoms with van der Waals surface area (Å²) in [5.74, 6) is 1.02.